The molecule has 1 aliphatic carbocycles. The Kier molecular flexibility index (Phi) is 6.50. The maximum atomic E-state index is 4.57. The number of halogens is 1. The maximum Gasteiger partial charge on any atom is 0.0413 e. The number of hydrogen-bond donors (Lipinski definition) is 1. The molecule has 0 spiro atoms. The Bertz CT molecular complexity index is 390. The summed E-state index contributed by atoms with van der Waals surface area (Å²) in [6, 6.07) is 4.28. The highest BCUT2D eigenvalue weighted by molar-refractivity contribution is 9.10. The van der Waals surface area contributed by atoms with Crippen LogP contribution < -0.4 is 5.32 Å². The van der Waals surface area contributed by atoms with E-state index in [4.69, 9.17) is 0 Å². The molecule has 0 aliphatic heterocycles. The zero-order valence-corrected chi connectivity index (χ0v) is 14.3. The number of rotatable bonds is 6. The predicted octanol–water partition coefficient (Wildman–Crippen LogP) is 4.44. The van der Waals surface area contributed by atoms with Gasteiger partial charge in [0.05, 0.1) is 0 Å². The summed E-state index contributed by atoms with van der Waals surface area (Å²) in [5, 5.41) is 3.55. The molecule has 20 heavy (non-hydrogen) atoms. The predicted molar refractivity (Wildman–Crippen MR) is 88.8 cm³/mol. The number of nitrogens with zero attached hydrogens (tertiary/aromatic N) is 1. The van der Waals surface area contributed by atoms with Gasteiger partial charge in [0.25, 0.3) is 0 Å². The van der Waals surface area contributed by atoms with E-state index in [-0.39, 0.29) is 0 Å². The molecule has 0 saturated heterocycles. The fourth-order valence-corrected chi connectivity index (χ4v) is 3.67. The van der Waals surface area contributed by atoms with Crippen molar-refractivity contribution in [2.75, 3.05) is 13.1 Å². The van der Waals surface area contributed by atoms with Gasteiger partial charge < -0.3 is 5.32 Å². The second kappa shape index (κ2) is 8.14. The van der Waals surface area contributed by atoms with Gasteiger partial charge in [-0.3, -0.25) is 4.98 Å². The largest absolute Gasteiger partial charge is 0.317 e. The van der Waals surface area contributed by atoms with Crippen LogP contribution in [0.15, 0.2) is 22.8 Å². The van der Waals surface area contributed by atoms with Gasteiger partial charge in [-0.05, 0) is 78.2 Å². The molecular weight excluding hydrogens is 312 g/mol. The van der Waals surface area contributed by atoms with Crippen LogP contribution in [0.2, 0.25) is 0 Å². The van der Waals surface area contributed by atoms with Crippen molar-refractivity contribution < 1.29 is 0 Å². The molecule has 112 valence electrons. The molecule has 0 amide bonds. The fraction of sp³-hybridized carbons (Fsp3) is 0.706. The van der Waals surface area contributed by atoms with Crippen LogP contribution in [0.1, 0.15) is 45.2 Å². The lowest BCUT2D eigenvalue weighted by atomic mass is 9.71. The van der Waals surface area contributed by atoms with Crippen LogP contribution in [-0.2, 0) is 6.42 Å². The highest BCUT2D eigenvalue weighted by Gasteiger charge is 2.29. The molecule has 3 atom stereocenters. The summed E-state index contributed by atoms with van der Waals surface area (Å²) in [5.74, 6) is 2.54. The molecule has 1 aromatic rings. The number of nitrogens with one attached hydrogen (secondary N) is 1. The first kappa shape index (κ1) is 16.0. The second-order valence-corrected chi connectivity index (χ2v) is 7.00. The number of hydrogen-bond acceptors (Lipinski definition) is 2. The zero-order valence-electron chi connectivity index (χ0n) is 12.7. The van der Waals surface area contributed by atoms with Crippen LogP contribution >= 0.6 is 15.9 Å². The first-order chi connectivity index (χ1) is 9.72. The summed E-state index contributed by atoms with van der Waals surface area (Å²) in [7, 11) is 0. The highest BCUT2D eigenvalue weighted by atomic mass is 79.9. The molecule has 3 heteroatoms. The minimum Gasteiger partial charge on any atom is -0.317 e. The van der Waals surface area contributed by atoms with Crippen molar-refractivity contribution in [3.63, 3.8) is 0 Å². The first-order valence-electron chi connectivity index (χ1n) is 8.04. The van der Waals surface area contributed by atoms with E-state index < -0.39 is 0 Å². The van der Waals surface area contributed by atoms with E-state index in [1.807, 2.05) is 6.20 Å². The molecule has 1 aliphatic rings. The summed E-state index contributed by atoms with van der Waals surface area (Å²) in [4.78, 5) is 4.57. The van der Waals surface area contributed by atoms with Crippen LogP contribution in [0.3, 0.4) is 0 Å². The minimum atomic E-state index is 0.793. The third kappa shape index (κ3) is 4.56. The Morgan fingerprint density at radius 3 is 2.75 bits per heavy atom. The van der Waals surface area contributed by atoms with Crippen LogP contribution in [0, 0.1) is 17.8 Å². The molecule has 1 heterocycles. The van der Waals surface area contributed by atoms with Crippen molar-refractivity contribution in [2.45, 2.75) is 46.0 Å². The third-order valence-electron chi connectivity index (χ3n) is 4.74. The molecule has 1 N–H and O–H groups in total. The standard InChI is InChI=1S/C17H27BrN2/c1-3-13-5-6-14(11-19-4-2)15(9-13)10-17-8-7-16(18)12-20-17/h7-8,12-15,19H,3-6,9-11H2,1-2H3. The Labute approximate surface area is 131 Å². The van der Waals surface area contributed by atoms with E-state index in [1.54, 1.807) is 0 Å². The third-order valence-corrected chi connectivity index (χ3v) is 5.21. The summed E-state index contributed by atoms with van der Waals surface area (Å²) in [6.45, 7) is 6.79. The lowest BCUT2D eigenvalue weighted by Crippen LogP contribution is -2.34. The smallest absolute Gasteiger partial charge is 0.0413 e. The number of aromatic nitrogens is 1. The Morgan fingerprint density at radius 2 is 2.10 bits per heavy atom. The van der Waals surface area contributed by atoms with Gasteiger partial charge >= 0.3 is 0 Å². The summed E-state index contributed by atoms with van der Waals surface area (Å²) in [6.07, 6.45) is 8.57. The van der Waals surface area contributed by atoms with Gasteiger partial charge in [-0.15, -0.1) is 0 Å². The van der Waals surface area contributed by atoms with Gasteiger partial charge in [0, 0.05) is 16.4 Å². The van der Waals surface area contributed by atoms with E-state index in [0.717, 1.165) is 35.2 Å². The SMILES string of the molecule is CCNCC1CCC(CC)CC1Cc1ccc(Br)cn1. The lowest BCUT2D eigenvalue weighted by Gasteiger charge is -2.36. The van der Waals surface area contributed by atoms with Gasteiger partial charge in [-0.1, -0.05) is 26.7 Å². The highest BCUT2D eigenvalue weighted by Crippen LogP contribution is 2.37. The molecule has 2 nitrogen and oxygen atoms in total. The Hall–Kier alpha value is -0.410. The van der Waals surface area contributed by atoms with Crippen molar-refractivity contribution in [1.29, 1.82) is 0 Å². The second-order valence-electron chi connectivity index (χ2n) is 6.09. The quantitative estimate of drug-likeness (QED) is 0.829. The molecule has 0 bridgehead atoms. The van der Waals surface area contributed by atoms with Crippen molar-refractivity contribution in [3.8, 4) is 0 Å². The normalized spacial score (nSPS) is 26.6. The van der Waals surface area contributed by atoms with Crippen LogP contribution in [0.5, 0.6) is 0 Å². The van der Waals surface area contributed by atoms with Crippen LogP contribution in [-0.4, -0.2) is 18.1 Å². The minimum absolute atomic E-state index is 0.793. The van der Waals surface area contributed by atoms with E-state index in [9.17, 15) is 0 Å². The topological polar surface area (TPSA) is 24.9 Å². The molecule has 1 fully saturated rings. The fourth-order valence-electron chi connectivity index (χ4n) is 3.44. The van der Waals surface area contributed by atoms with Crippen molar-refractivity contribution in [2.24, 2.45) is 17.8 Å². The van der Waals surface area contributed by atoms with Gasteiger partial charge in [0.1, 0.15) is 0 Å². The average Bonchev–Trinajstić information content (AvgIpc) is 2.48. The summed E-state index contributed by atoms with van der Waals surface area (Å²) >= 11 is 3.46. The van der Waals surface area contributed by atoms with Crippen molar-refractivity contribution in [1.82, 2.24) is 10.3 Å². The van der Waals surface area contributed by atoms with E-state index >= 15 is 0 Å². The number of pyridine rings is 1. The van der Waals surface area contributed by atoms with Gasteiger partial charge in [-0.25, -0.2) is 0 Å². The molecule has 1 saturated carbocycles. The van der Waals surface area contributed by atoms with Crippen LogP contribution in [0.25, 0.3) is 0 Å². The van der Waals surface area contributed by atoms with Crippen molar-refractivity contribution in [3.05, 3.63) is 28.5 Å². The maximum absolute atomic E-state index is 4.57. The zero-order chi connectivity index (χ0) is 14.4. The summed E-state index contributed by atoms with van der Waals surface area (Å²) in [5.41, 5.74) is 1.25. The first-order valence-corrected chi connectivity index (χ1v) is 8.83. The molecular formula is C17H27BrN2. The van der Waals surface area contributed by atoms with E-state index in [0.29, 0.717) is 0 Å². The molecule has 1 aromatic heterocycles. The lowest BCUT2D eigenvalue weighted by molar-refractivity contribution is 0.171. The Balaban J connectivity index is 2.00. The molecule has 0 aromatic carbocycles. The van der Waals surface area contributed by atoms with Gasteiger partial charge in [0.15, 0.2) is 0 Å². The average molecular weight is 339 g/mol. The molecule has 0 radical (unpaired) electrons. The monoisotopic (exact) mass is 338 g/mol. The van der Waals surface area contributed by atoms with Crippen LogP contribution in [0.4, 0.5) is 0 Å². The molecule has 2 rings (SSSR count). The van der Waals surface area contributed by atoms with E-state index in [2.05, 4.69) is 52.2 Å². The molecule has 3 unspecified atom stereocenters. The Morgan fingerprint density at radius 1 is 1.25 bits per heavy atom. The van der Waals surface area contributed by atoms with E-state index in [1.165, 1.54) is 37.9 Å². The summed E-state index contributed by atoms with van der Waals surface area (Å²) < 4.78 is 1.07. The van der Waals surface area contributed by atoms with Gasteiger partial charge in [-0.2, -0.15) is 0 Å². The van der Waals surface area contributed by atoms with Crippen molar-refractivity contribution >= 4 is 15.9 Å². The van der Waals surface area contributed by atoms with Gasteiger partial charge in [0.2, 0.25) is 0 Å².